The normalized spacial score (nSPS) is 14.9. The van der Waals surface area contributed by atoms with E-state index in [1.807, 2.05) is 6.92 Å². The average Bonchev–Trinajstić information content (AvgIpc) is 3.12. The summed E-state index contributed by atoms with van der Waals surface area (Å²) in [7, 11) is 1.67. The van der Waals surface area contributed by atoms with E-state index in [0.29, 0.717) is 24.1 Å². The lowest BCUT2D eigenvalue weighted by Crippen LogP contribution is -2.30. The zero-order valence-electron chi connectivity index (χ0n) is 15.3. The second kappa shape index (κ2) is 7.57. The van der Waals surface area contributed by atoms with Gasteiger partial charge in [0.25, 0.3) is 11.6 Å². The van der Waals surface area contributed by atoms with Crippen LogP contribution in [0.25, 0.3) is 0 Å². The molecule has 0 aliphatic carbocycles. The van der Waals surface area contributed by atoms with E-state index < -0.39 is 4.92 Å². The topological polar surface area (TPSA) is 83.8 Å². The van der Waals surface area contributed by atoms with E-state index in [0.717, 1.165) is 12.1 Å². The summed E-state index contributed by atoms with van der Waals surface area (Å²) >= 11 is 0. The van der Waals surface area contributed by atoms with E-state index in [1.165, 1.54) is 12.1 Å². The molecule has 1 aliphatic heterocycles. The van der Waals surface area contributed by atoms with Crippen molar-refractivity contribution in [1.29, 1.82) is 0 Å². The van der Waals surface area contributed by atoms with Gasteiger partial charge in [0, 0.05) is 43.4 Å². The molecule has 1 aliphatic rings. The molecule has 1 heterocycles. The van der Waals surface area contributed by atoms with Crippen LogP contribution in [-0.2, 0) is 4.79 Å². The molecule has 1 atom stereocenters. The second-order valence-electron chi connectivity index (χ2n) is 6.64. The molecule has 2 aromatic rings. The Hall–Kier alpha value is -3.22. The first-order chi connectivity index (χ1) is 12.9. The highest BCUT2D eigenvalue weighted by Gasteiger charge is 2.23. The Morgan fingerprint density at radius 3 is 2.52 bits per heavy atom. The van der Waals surface area contributed by atoms with Crippen molar-refractivity contribution in [3.63, 3.8) is 0 Å². The standard InChI is InChI=1S/C20H21N3O4/c1-14(16-5-3-6-18(13-16)23(26)27)21(2)20(25)15-8-10-17(11-9-15)22-12-4-7-19(22)24/h3,5-6,8-11,13-14H,4,7,12H2,1-2H3/t14-/m0/s1. The van der Waals surface area contributed by atoms with Crippen molar-refractivity contribution in [3.8, 4) is 0 Å². The molecular formula is C20H21N3O4. The maximum absolute atomic E-state index is 12.8. The third-order valence-corrected chi connectivity index (χ3v) is 4.96. The van der Waals surface area contributed by atoms with Crippen LogP contribution in [0.4, 0.5) is 11.4 Å². The Bertz CT molecular complexity index is 879. The molecule has 0 bridgehead atoms. The van der Waals surface area contributed by atoms with Crippen LogP contribution in [0.3, 0.4) is 0 Å². The van der Waals surface area contributed by atoms with Gasteiger partial charge in [-0.25, -0.2) is 0 Å². The monoisotopic (exact) mass is 367 g/mol. The molecule has 7 heteroatoms. The molecule has 7 nitrogen and oxygen atoms in total. The smallest absolute Gasteiger partial charge is 0.269 e. The Morgan fingerprint density at radius 1 is 1.22 bits per heavy atom. The molecule has 2 aromatic carbocycles. The van der Waals surface area contributed by atoms with Gasteiger partial charge in [-0.15, -0.1) is 0 Å². The van der Waals surface area contributed by atoms with E-state index in [2.05, 4.69) is 0 Å². The number of non-ortho nitro benzene ring substituents is 1. The molecular weight excluding hydrogens is 346 g/mol. The Kier molecular flexibility index (Phi) is 5.21. The molecule has 1 fully saturated rings. The van der Waals surface area contributed by atoms with Gasteiger partial charge in [-0.1, -0.05) is 12.1 Å². The minimum atomic E-state index is -0.448. The Balaban J connectivity index is 1.75. The van der Waals surface area contributed by atoms with Crippen LogP contribution in [-0.4, -0.2) is 35.2 Å². The Morgan fingerprint density at radius 2 is 1.93 bits per heavy atom. The zero-order chi connectivity index (χ0) is 19.6. The van der Waals surface area contributed by atoms with Gasteiger partial charge in [0.1, 0.15) is 0 Å². The van der Waals surface area contributed by atoms with Crippen LogP contribution in [0.2, 0.25) is 0 Å². The summed E-state index contributed by atoms with van der Waals surface area (Å²) in [5.74, 6) is -0.0845. The van der Waals surface area contributed by atoms with Gasteiger partial charge in [0.2, 0.25) is 5.91 Å². The molecule has 0 spiro atoms. The number of anilines is 1. The quantitative estimate of drug-likeness (QED) is 0.597. The minimum Gasteiger partial charge on any atom is -0.335 e. The fraction of sp³-hybridized carbons (Fsp3) is 0.300. The number of rotatable bonds is 5. The molecule has 3 rings (SSSR count). The van der Waals surface area contributed by atoms with Gasteiger partial charge in [-0.3, -0.25) is 19.7 Å². The van der Waals surface area contributed by atoms with Gasteiger partial charge in [-0.2, -0.15) is 0 Å². The highest BCUT2D eigenvalue weighted by molar-refractivity contribution is 5.97. The van der Waals surface area contributed by atoms with Crippen molar-refractivity contribution in [2.45, 2.75) is 25.8 Å². The molecule has 0 unspecified atom stereocenters. The maximum Gasteiger partial charge on any atom is 0.269 e. The van der Waals surface area contributed by atoms with Gasteiger partial charge in [0.05, 0.1) is 11.0 Å². The summed E-state index contributed by atoms with van der Waals surface area (Å²) in [5, 5.41) is 11.0. The third kappa shape index (κ3) is 3.81. The lowest BCUT2D eigenvalue weighted by Gasteiger charge is -2.25. The van der Waals surface area contributed by atoms with Gasteiger partial charge in [0.15, 0.2) is 0 Å². The highest BCUT2D eigenvalue weighted by atomic mass is 16.6. The summed E-state index contributed by atoms with van der Waals surface area (Å²) < 4.78 is 0. The molecule has 1 saturated heterocycles. The number of carbonyl (C=O) groups is 2. The largest absolute Gasteiger partial charge is 0.335 e. The molecule has 2 amide bonds. The fourth-order valence-electron chi connectivity index (χ4n) is 3.21. The van der Waals surface area contributed by atoms with Crippen molar-refractivity contribution in [3.05, 3.63) is 69.8 Å². The first kappa shape index (κ1) is 18.6. The van der Waals surface area contributed by atoms with Crippen LogP contribution in [0.15, 0.2) is 48.5 Å². The van der Waals surface area contributed by atoms with Crippen molar-refractivity contribution in [2.75, 3.05) is 18.5 Å². The number of nitrogens with zero attached hydrogens (tertiary/aromatic N) is 3. The molecule has 0 N–H and O–H groups in total. The predicted molar refractivity (Wildman–Crippen MR) is 102 cm³/mol. The average molecular weight is 367 g/mol. The zero-order valence-corrected chi connectivity index (χ0v) is 15.3. The number of nitro benzene ring substituents is 1. The van der Waals surface area contributed by atoms with Crippen LogP contribution >= 0.6 is 0 Å². The Labute approximate surface area is 157 Å². The SMILES string of the molecule is C[C@@H](c1cccc([N+](=O)[O-])c1)N(C)C(=O)c1ccc(N2CCCC2=O)cc1. The van der Waals surface area contributed by atoms with Gasteiger partial charge < -0.3 is 9.80 Å². The lowest BCUT2D eigenvalue weighted by atomic mass is 10.1. The van der Waals surface area contributed by atoms with E-state index in [4.69, 9.17) is 0 Å². The van der Waals surface area contributed by atoms with E-state index in [1.54, 1.807) is 53.2 Å². The van der Waals surface area contributed by atoms with Crippen LogP contribution in [0.1, 0.15) is 41.7 Å². The van der Waals surface area contributed by atoms with Crippen molar-refractivity contribution in [2.24, 2.45) is 0 Å². The van der Waals surface area contributed by atoms with Crippen LogP contribution in [0.5, 0.6) is 0 Å². The van der Waals surface area contributed by atoms with E-state index >= 15 is 0 Å². The molecule has 0 aromatic heterocycles. The summed E-state index contributed by atoms with van der Waals surface area (Å²) in [6.07, 6.45) is 1.41. The first-order valence-corrected chi connectivity index (χ1v) is 8.80. The van der Waals surface area contributed by atoms with E-state index in [9.17, 15) is 19.7 Å². The fourth-order valence-corrected chi connectivity index (χ4v) is 3.21. The summed E-state index contributed by atoms with van der Waals surface area (Å²) in [5.41, 5.74) is 1.99. The second-order valence-corrected chi connectivity index (χ2v) is 6.64. The van der Waals surface area contributed by atoms with Gasteiger partial charge in [-0.05, 0) is 43.2 Å². The molecule has 0 saturated carbocycles. The highest BCUT2D eigenvalue weighted by Crippen LogP contribution is 2.26. The number of hydrogen-bond acceptors (Lipinski definition) is 4. The number of hydrogen-bond donors (Lipinski definition) is 0. The van der Waals surface area contributed by atoms with Gasteiger partial charge >= 0.3 is 0 Å². The maximum atomic E-state index is 12.8. The third-order valence-electron chi connectivity index (χ3n) is 4.96. The van der Waals surface area contributed by atoms with Crippen LogP contribution < -0.4 is 4.90 Å². The minimum absolute atomic E-state index is 0.000155. The first-order valence-electron chi connectivity index (χ1n) is 8.80. The molecule has 140 valence electrons. The number of amides is 2. The lowest BCUT2D eigenvalue weighted by molar-refractivity contribution is -0.384. The number of carbonyl (C=O) groups excluding carboxylic acids is 2. The summed E-state index contributed by atoms with van der Waals surface area (Å²) in [6.45, 7) is 2.53. The van der Waals surface area contributed by atoms with Crippen LogP contribution in [0, 0.1) is 10.1 Å². The number of benzene rings is 2. The molecule has 0 radical (unpaired) electrons. The summed E-state index contributed by atoms with van der Waals surface area (Å²) in [6, 6.07) is 12.9. The van der Waals surface area contributed by atoms with Crippen molar-refractivity contribution < 1.29 is 14.5 Å². The molecule has 27 heavy (non-hydrogen) atoms. The van der Waals surface area contributed by atoms with E-state index in [-0.39, 0.29) is 23.5 Å². The van der Waals surface area contributed by atoms with Crippen molar-refractivity contribution >= 4 is 23.2 Å². The van der Waals surface area contributed by atoms with Crippen molar-refractivity contribution in [1.82, 2.24) is 4.90 Å². The predicted octanol–water partition coefficient (Wildman–Crippen LogP) is 3.55. The summed E-state index contributed by atoms with van der Waals surface area (Å²) in [4.78, 5) is 38.4. The number of nitro groups is 1.